The lowest BCUT2D eigenvalue weighted by atomic mass is 10.2. The number of rotatable bonds is 3. The molecule has 1 aromatic rings. The summed E-state index contributed by atoms with van der Waals surface area (Å²) in [6.07, 6.45) is 0. The Balaban J connectivity index is 3.10. The lowest BCUT2D eigenvalue weighted by Crippen LogP contribution is -2.12. The minimum atomic E-state index is -0.432. The molecule has 0 unspecified atom stereocenters. The zero-order valence-electron chi connectivity index (χ0n) is 7.21. The highest BCUT2D eigenvalue weighted by atomic mass is 35.5. The Morgan fingerprint density at radius 2 is 2.31 bits per heavy atom. The summed E-state index contributed by atoms with van der Waals surface area (Å²) in [5.74, 6) is 0.473. The fraction of sp³-hybridized carbons (Fsp3) is 0.222. The molecule has 2 N–H and O–H groups in total. The second kappa shape index (κ2) is 4.53. The molecule has 2 nitrogen and oxygen atoms in total. The van der Waals surface area contributed by atoms with Crippen molar-refractivity contribution in [1.29, 1.82) is 0 Å². The van der Waals surface area contributed by atoms with Gasteiger partial charge < -0.3 is 5.73 Å². The average molecular weight is 216 g/mol. The van der Waals surface area contributed by atoms with E-state index < -0.39 is 5.91 Å². The van der Waals surface area contributed by atoms with Gasteiger partial charge in [0.2, 0.25) is 5.91 Å². The molecule has 0 aromatic heterocycles. The molecule has 70 valence electrons. The van der Waals surface area contributed by atoms with Crippen molar-refractivity contribution >= 4 is 29.3 Å². The van der Waals surface area contributed by atoms with E-state index in [0.717, 1.165) is 10.6 Å². The number of halogens is 1. The highest BCUT2D eigenvalue weighted by Gasteiger charge is 2.08. The van der Waals surface area contributed by atoms with E-state index in [1.165, 1.54) is 0 Å². The normalized spacial score (nSPS) is 10.0. The molecule has 0 heterocycles. The molecule has 1 aromatic carbocycles. The molecule has 0 fully saturated rings. The predicted octanol–water partition coefficient (Wildman–Crippen LogP) is 2.55. The first-order chi connectivity index (χ1) is 6.15. The fourth-order valence-corrected chi connectivity index (χ4v) is 1.94. The largest absolute Gasteiger partial charge is 0.366 e. The summed E-state index contributed by atoms with van der Waals surface area (Å²) in [5, 5.41) is 0.536. The Labute approximate surface area is 86.5 Å². The highest BCUT2D eigenvalue weighted by molar-refractivity contribution is 7.99. The Kier molecular flexibility index (Phi) is 3.63. The Morgan fingerprint density at radius 1 is 1.62 bits per heavy atom. The molecule has 0 bridgehead atoms. The van der Waals surface area contributed by atoms with Gasteiger partial charge in [-0.25, -0.2) is 0 Å². The van der Waals surface area contributed by atoms with Crippen molar-refractivity contribution in [2.75, 3.05) is 5.75 Å². The van der Waals surface area contributed by atoms with Gasteiger partial charge in [-0.1, -0.05) is 18.5 Å². The molecule has 13 heavy (non-hydrogen) atoms. The van der Waals surface area contributed by atoms with Gasteiger partial charge in [0, 0.05) is 9.92 Å². The number of amides is 1. The molecule has 0 spiro atoms. The van der Waals surface area contributed by atoms with Crippen molar-refractivity contribution in [2.45, 2.75) is 11.8 Å². The fourth-order valence-electron chi connectivity index (χ4n) is 0.976. The molecule has 4 heteroatoms. The van der Waals surface area contributed by atoms with E-state index in [-0.39, 0.29) is 0 Å². The average Bonchev–Trinajstić information content (AvgIpc) is 2.08. The van der Waals surface area contributed by atoms with Gasteiger partial charge >= 0.3 is 0 Å². The van der Waals surface area contributed by atoms with Crippen LogP contribution in [0, 0.1) is 0 Å². The van der Waals surface area contributed by atoms with Crippen LogP contribution in [-0.2, 0) is 0 Å². The van der Waals surface area contributed by atoms with E-state index in [9.17, 15) is 4.79 Å². The summed E-state index contributed by atoms with van der Waals surface area (Å²) in [6, 6.07) is 5.17. The van der Waals surface area contributed by atoms with E-state index in [2.05, 4.69) is 0 Å². The molecule has 1 rings (SSSR count). The monoisotopic (exact) mass is 215 g/mol. The van der Waals surface area contributed by atoms with Crippen LogP contribution in [0.4, 0.5) is 0 Å². The number of nitrogens with two attached hydrogens (primary N) is 1. The van der Waals surface area contributed by atoms with E-state index in [1.54, 1.807) is 23.9 Å². The summed E-state index contributed by atoms with van der Waals surface area (Å²) in [6.45, 7) is 2.02. The second-order valence-electron chi connectivity index (χ2n) is 2.44. The van der Waals surface area contributed by atoms with Crippen LogP contribution in [0.15, 0.2) is 23.1 Å². The van der Waals surface area contributed by atoms with Gasteiger partial charge in [0.05, 0.1) is 5.56 Å². The van der Waals surface area contributed by atoms with E-state index in [4.69, 9.17) is 17.3 Å². The summed E-state index contributed by atoms with van der Waals surface area (Å²) < 4.78 is 0. The molecule has 0 saturated carbocycles. The van der Waals surface area contributed by atoms with Gasteiger partial charge in [0.25, 0.3) is 0 Å². The quantitative estimate of drug-likeness (QED) is 0.788. The van der Waals surface area contributed by atoms with Gasteiger partial charge in [-0.2, -0.15) is 0 Å². The maximum atomic E-state index is 11.0. The van der Waals surface area contributed by atoms with Gasteiger partial charge in [-0.15, -0.1) is 11.8 Å². The zero-order chi connectivity index (χ0) is 9.84. The van der Waals surface area contributed by atoms with Crippen LogP contribution in [0.3, 0.4) is 0 Å². The van der Waals surface area contributed by atoms with Crippen LogP contribution in [0.5, 0.6) is 0 Å². The van der Waals surface area contributed by atoms with Crippen LogP contribution in [0.25, 0.3) is 0 Å². The molecule has 0 aliphatic carbocycles. The Hall–Kier alpha value is -0.670. The first-order valence-electron chi connectivity index (χ1n) is 3.87. The summed E-state index contributed by atoms with van der Waals surface area (Å²) in [4.78, 5) is 11.9. The van der Waals surface area contributed by atoms with Gasteiger partial charge in [-0.05, 0) is 24.0 Å². The van der Waals surface area contributed by atoms with Crippen LogP contribution >= 0.6 is 23.4 Å². The number of hydrogen-bond acceptors (Lipinski definition) is 2. The van der Waals surface area contributed by atoms with Crippen LogP contribution < -0.4 is 5.73 Å². The molecule has 0 atom stereocenters. The van der Waals surface area contributed by atoms with Crippen molar-refractivity contribution < 1.29 is 4.79 Å². The number of hydrogen-bond donors (Lipinski definition) is 1. The molecule has 0 saturated heterocycles. The predicted molar refractivity (Wildman–Crippen MR) is 56.4 cm³/mol. The summed E-state index contributed by atoms with van der Waals surface area (Å²) in [5.41, 5.74) is 5.70. The van der Waals surface area contributed by atoms with Crippen molar-refractivity contribution in [3.63, 3.8) is 0 Å². The van der Waals surface area contributed by atoms with E-state index in [0.29, 0.717) is 10.6 Å². The minimum Gasteiger partial charge on any atom is -0.366 e. The standard InChI is InChI=1S/C9H10ClNOS/c1-2-13-8-4-3-6(10)5-7(8)9(11)12/h3-5H,2H2,1H3,(H2,11,12). The summed E-state index contributed by atoms with van der Waals surface area (Å²) in [7, 11) is 0. The van der Waals surface area contributed by atoms with Crippen LogP contribution in [-0.4, -0.2) is 11.7 Å². The molecule has 0 radical (unpaired) electrons. The number of carbonyl (C=O) groups is 1. The smallest absolute Gasteiger partial charge is 0.249 e. The van der Waals surface area contributed by atoms with E-state index >= 15 is 0 Å². The lowest BCUT2D eigenvalue weighted by Gasteiger charge is -2.04. The van der Waals surface area contributed by atoms with Crippen molar-refractivity contribution in [2.24, 2.45) is 5.73 Å². The van der Waals surface area contributed by atoms with Crippen LogP contribution in [0.1, 0.15) is 17.3 Å². The SMILES string of the molecule is CCSc1ccc(Cl)cc1C(N)=O. The van der Waals surface area contributed by atoms with Gasteiger partial charge in [-0.3, -0.25) is 4.79 Å². The maximum Gasteiger partial charge on any atom is 0.249 e. The van der Waals surface area contributed by atoms with Crippen molar-refractivity contribution in [3.05, 3.63) is 28.8 Å². The number of primary amides is 1. The first kappa shape index (κ1) is 10.4. The number of benzene rings is 1. The zero-order valence-corrected chi connectivity index (χ0v) is 8.78. The lowest BCUT2D eigenvalue weighted by molar-refractivity contribution is 0.0997. The van der Waals surface area contributed by atoms with Gasteiger partial charge in [0.15, 0.2) is 0 Å². The van der Waals surface area contributed by atoms with E-state index in [1.807, 2.05) is 13.0 Å². The Bertz CT molecular complexity index is 327. The third-order valence-electron chi connectivity index (χ3n) is 1.51. The molecular weight excluding hydrogens is 206 g/mol. The highest BCUT2D eigenvalue weighted by Crippen LogP contribution is 2.24. The number of thioether (sulfide) groups is 1. The first-order valence-corrected chi connectivity index (χ1v) is 5.23. The Morgan fingerprint density at radius 3 is 2.85 bits per heavy atom. The topological polar surface area (TPSA) is 43.1 Å². The van der Waals surface area contributed by atoms with Crippen LogP contribution in [0.2, 0.25) is 5.02 Å². The van der Waals surface area contributed by atoms with Crippen molar-refractivity contribution in [1.82, 2.24) is 0 Å². The second-order valence-corrected chi connectivity index (χ2v) is 4.18. The third-order valence-corrected chi connectivity index (χ3v) is 2.70. The summed E-state index contributed by atoms with van der Waals surface area (Å²) >= 11 is 7.32. The van der Waals surface area contributed by atoms with Crippen molar-refractivity contribution in [3.8, 4) is 0 Å². The minimum absolute atomic E-state index is 0.432. The van der Waals surface area contributed by atoms with Gasteiger partial charge in [0.1, 0.15) is 0 Å². The molecule has 1 amide bonds. The number of carbonyl (C=O) groups excluding carboxylic acids is 1. The molecule has 0 aliphatic rings. The molecular formula is C9H10ClNOS. The maximum absolute atomic E-state index is 11.0. The third kappa shape index (κ3) is 2.64. The molecule has 0 aliphatic heterocycles.